The fraction of sp³-hybridized carbons (Fsp3) is 0.167. The Morgan fingerprint density at radius 2 is 1.88 bits per heavy atom. The molecule has 0 radical (unpaired) electrons. The molecule has 0 aliphatic carbocycles. The molecule has 0 aliphatic heterocycles. The summed E-state index contributed by atoms with van der Waals surface area (Å²) >= 11 is 13.2. The molecule has 1 heterocycles. The third kappa shape index (κ3) is 7.64. The van der Waals surface area contributed by atoms with Crippen molar-refractivity contribution in [3.05, 3.63) is 98.9 Å². The van der Waals surface area contributed by atoms with E-state index in [9.17, 15) is 9.90 Å². The quantitative estimate of drug-likeness (QED) is 0.0913. The number of methoxy groups -OCH3 is 1. The maximum atomic E-state index is 12.2. The molecule has 8 nitrogen and oxygen atoms in total. The van der Waals surface area contributed by atoms with E-state index in [0.29, 0.717) is 51.4 Å². The number of ether oxygens (including phenoxy) is 3. The number of nitrogens with zero attached hydrogens (tertiary/aromatic N) is 2. The van der Waals surface area contributed by atoms with Gasteiger partial charge in [-0.1, -0.05) is 47.5 Å². The Morgan fingerprint density at radius 1 is 1.07 bits per heavy atom. The molecule has 11 heteroatoms. The van der Waals surface area contributed by atoms with Crippen LogP contribution in [0.3, 0.4) is 0 Å². The second kappa shape index (κ2) is 14.1. The fourth-order valence-corrected chi connectivity index (χ4v) is 4.89. The summed E-state index contributed by atoms with van der Waals surface area (Å²) in [6.45, 7) is 6.31. The molecule has 0 saturated heterocycles. The molecule has 1 aromatic heterocycles. The van der Waals surface area contributed by atoms with Crippen LogP contribution in [0.2, 0.25) is 10.0 Å². The van der Waals surface area contributed by atoms with Gasteiger partial charge in [0, 0.05) is 21.2 Å². The van der Waals surface area contributed by atoms with Gasteiger partial charge < -0.3 is 23.7 Å². The summed E-state index contributed by atoms with van der Waals surface area (Å²) in [5, 5.41) is 19.1. The highest BCUT2D eigenvalue weighted by atomic mass is 35.5. The molecule has 4 rings (SSSR count). The first-order valence-electron chi connectivity index (χ1n) is 12.4. The van der Waals surface area contributed by atoms with Crippen molar-refractivity contribution < 1.29 is 28.5 Å². The Balaban J connectivity index is 1.66. The number of carboxylic acids is 1. The number of rotatable bonds is 13. The van der Waals surface area contributed by atoms with Gasteiger partial charge in [-0.15, -0.1) is 16.8 Å². The molecule has 3 aromatic carbocycles. The molecular weight excluding hydrogens is 587 g/mol. The Kier molecular flexibility index (Phi) is 10.3. The van der Waals surface area contributed by atoms with E-state index in [-0.39, 0.29) is 22.6 Å². The first-order valence-corrected chi connectivity index (χ1v) is 14.0. The summed E-state index contributed by atoms with van der Waals surface area (Å²) in [6.07, 6.45) is 3.70. The van der Waals surface area contributed by atoms with Crippen LogP contribution in [0, 0.1) is 0 Å². The third-order valence-electron chi connectivity index (χ3n) is 5.65. The van der Waals surface area contributed by atoms with Crippen LogP contribution in [-0.4, -0.2) is 35.0 Å². The number of aromatic nitrogens is 2. The predicted molar refractivity (Wildman–Crippen MR) is 160 cm³/mol. The number of aliphatic carboxylic acids is 1. The molecule has 0 aliphatic rings. The Hall–Kier alpha value is -3.92. The monoisotopic (exact) mass is 612 g/mol. The number of benzene rings is 3. The highest BCUT2D eigenvalue weighted by Gasteiger charge is 2.20. The summed E-state index contributed by atoms with van der Waals surface area (Å²) in [5.41, 5.74) is 2.66. The lowest BCUT2D eigenvalue weighted by Gasteiger charge is -2.17. The molecule has 0 unspecified atom stereocenters. The number of thioether (sulfide) groups is 1. The second-order valence-electron chi connectivity index (χ2n) is 8.45. The lowest BCUT2D eigenvalue weighted by molar-refractivity contribution is -0.131. The number of hydrogen-bond donors (Lipinski definition) is 1. The van der Waals surface area contributed by atoms with Crippen LogP contribution in [0.15, 0.2) is 81.8 Å². The molecule has 0 bridgehead atoms. The molecule has 41 heavy (non-hydrogen) atoms. The van der Waals surface area contributed by atoms with E-state index >= 15 is 0 Å². The van der Waals surface area contributed by atoms with E-state index in [0.717, 1.165) is 22.9 Å². The van der Waals surface area contributed by atoms with Gasteiger partial charge in [0.2, 0.25) is 0 Å². The minimum Gasteiger partial charge on any atom is -0.496 e. The number of hydrogen-bond acceptors (Lipinski definition) is 8. The first-order chi connectivity index (χ1) is 19.8. The number of allylic oxidation sites excluding steroid dienone is 1. The molecule has 0 saturated carbocycles. The molecule has 0 spiro atoms. The molecule has 212 valence electrons. The zero-order valence-electron chi connectivity index (χ0n) is 22.2. The summed E-state index contributed by atoms with van der Waals surface area (Å²) in [7, 11) is 1.51. The molecular formula is C30H26Cl2N2O6S. The second-order valence-corrected chi connectivity index (χ2v) is 10.3. The van der Waals surface area contributed by atoms with Gasteiger partial charge in [-0.2, -0.15) is 0 Å². The van der Waals surface area contributed by atoms with Crippen LogP contribution in [0.5, 0.6) is 17.2 Å². The molecule has 4 aromatic rings. The van der Waals surface area contributed by atoms with Crippen molar-refractivity contribution in [2.75, 3.05) is 13.7 Å². The van der Waals surface area contributed by atoms with E-state index in [1.165, 1.54) is 13.2 Å². The van der Waals surface area contributed by atoms with Gasteiger partial charge in [0.15, 0.2) is 11.5 Å². The SMILES string of the molecule is C=CCc1cc(/C=C(/Sc2nnc(-c3cc(Cl)ccc3OC)o2)C(=O)O)cc(OCC)c1OCc1ccccc1Cl. The van der Waals surface area contributed by atoms with Crippen LogP contribution in [0.1, 0.15) is 23.6 Å². The summed E-state index contributed by atoms with van der Waals surface area (Å²) in [6, 6.07) is 15.9. The van der Waals surface area contributed by atoms with E-state index in [2.05, 4.69) is 16.8 Å². The fourth-order valence-electron chi connectivity index (χ4n) is 3.85. The zero-order valence-corrected chi connectivity index (χ0v) is 24.6. The van der Waals surface area contributed by atoms with E-state index in [1.807, 2.05) is 31.2 Å². The largest absolute Gasteiger partial charge is 0.496 e. The van der Waals surface area contributed by atoms with Crippen molar-refractivity contribution in [1.29, 1.82) is 0 Å². The van der Waals surface area contributed by atoms with Gasteiger partial charge in [-0.25, -0.2) is 4.79 Å². The van der Waals surface area contributed by atoms with Crippen molar-refractivity contribution in [1.82, 2.24) is 10.2 Å². The average molecular weight is 614 g/mol. The van der Waals surface area contributed by atoms with Crippen molar-refractivity contribution in [2.24, 2.45) is 0 Å². The number of carbonyl (C=O) groups is 1. The Bertz CT molecular complexity index is 1590. The number of carboxylic acid groups (broad SMARTS) is 1. The van der Waals surface area contributed by atoms with E-state index < -0.39 is 5.97 Å². The topological polar surface area (TPSA) is 104 Å². The van der Waals surface area contributed by atoms with Crippen LogP contribution < -0.4 is 14.2 Å². The van der Waals surface area contributed by atoms with Gasteiger partial charge in [0.25, 0.3) is 11.1 Å². The lowest BCUT2D eigenvalue weighted by Crippen LogP contribution is -2.04. The maximum absolute atomic E-state index is 12.2. The van der Waals surface area contributed by atoms with E-state index in [4.69, 9.17) is 41.8 Å². The molecule has 0 atom stereocenters. The lowest BCUT2D eigenvalue weighted by atomic mass is 10.0. The third-order valence-corrected chi connectivity index (χ3v) is 7.11. The van der Waals surface area contributed by atoms with Crippen molar-refractivity contribution in [2.45, 2.75) is 25.2 Å². The normalized spacial score (nSPS) is 11.3. The zero-order chi connectivity index (χ0) is 29.4. The highest BCUT2D eigenvalue weighted by molar-refractivity contribution is 8.03. The van der Waals surface area contributed by atoms with Crippen molar-refractivity contribution >= 4 is 47.0 Å². The van der Waals surface area contributed by atoms with Gasteiger partial charge in [-0.3, -0.25) is 0 Å². The standard InChI is InChI=1S/C30H26Cl2N2O6S/c1-4-8-19-13-18(14-25(38-5-2)27(19)39-17-20-9-6-7-10-23(20)32)15-26(29(35)36)41-30-34-33-28(40-30)22-16-21(31)11-12-24(22)37-3/h4,6-7,9-16H,1,5,8,17H2,2-3H3,(H,35,36)/b26-15+. The van der Waals surface area contributed by atoms with Crippen molar-refractivity contribution in [3.63, 3.8) is 0 Å². The van der Waals surface area contributed by atoms with Crippen LogP contribution in [0.25, 0.3) is 17.5 Å². The van der Waals surface area contributed by atoms with Gasteiger partial charge in [0.1, 0.15) is 17.3 Å². The maximum Gasteiger partial charge on any atom is 0.342 e. The molecule has 0 amide bonds. The van der Waals surface area contributed by atoms with Crippen LogP contribution >= 0.6 is 35.0 Å². The average Bonchev–Trinajstić information content (AvgIpc) is 3.42. The highest BCUT2D eigenvalue weighted by Crippen LogP contribution is 2.38. The van der Waals surface area contributed by atoms with E-state index in [1.54, 1.807) is 36.4 Å². The summed E-state index contributed by atoms with van der Waals surface area (Å²) < 4.78 is 23.1. The Labute approximate surface area is 251 Å². The summed E-state index contributed by atoms with van der Waals surface area (Å²) in [4.78, 5) is 12.2. The predicted octanol–water partition coefficient (Wildman–Crippen LogP) is 7.98. The minimum atomic E-state index is -1.17. The van der Waals surface area contributed by atoms with Crippen molar-refractivity contribution in [3.8, 4) is 28.7 Å². The van der Waals surface area contributed by atoms with Gasteiger partial charge >= 0.3 is 5.97 Å². The molecule has 0 fully saturated rings. The number of halogens is 2. The Morgan fingerprint density at radius 3 is 2.59 bits per heavy atom. The minimum absolute atomic E-state index is 0.0340. The smallest absolute Gasteiger partial charge is 0.342 e. The van der Waals surface area contributed by atoms with Gasteiger partial charge in [-0.05, 0) is 73.1 Å². The van der Waals surface area contributed by atoms with Gasteiger partial charge in [0.05, 0.1) is 19.3 Å². The van der Waals surface area contributed by atoms with Crippen LogP contribution in [0.4, 0.5) is 0 Å². The summed E-state index contributed by atoms with van der Waals surface area (Å²) in [5.74, 6) is 0.456. The molecule has 1 N–H and O–H groups in total. The first kappa shape index (κ1) is 30.0. The van der Waals surface area contributed by atoms with Crippen LogP contribution in [-0.2, 0) is 17.8 Å².